The van der Waals surface area contributed by atoms with Crippen molar-refractivity contribution in [1.29, 1.82) is 0 Å². The normalized spacial score (nSPS) is 11.4. The number of nitrogens with zero attached hydrogens (tertiary/aromatic N) is 1. The largest absolute Gasteiger partial charge is 0.392 e. The second-order valence-corrected chi connectivity index (χ2v) is 5.68. The van der Waals surface area contributed by atoms with Crippen LogP contribution in [0.1, 0.15) is 65.7 Å². The first-order valence-corrected chi connectivity index (χ1v) is 7.51. The summed E-state index contributed by atoms with van der Waals surface area (Å²) in [6, 6.07) is 0.539. The number of rotatable bonds is 11. The molecule has 0 aromatic carbocycles. The van der Waals surface area contributed by atoms with Crippen LogP contribution < -0.4 is 5.73 Å². The van der Waals surface area contributed by atoms with E-state index in [1.165, 1.54) is 44.9 Å². The van der Waals surface area contributed by atoms with E-state index in [-0.39, 0.29) is 0 Å². The van der Waals surface area contributed by atoms with Crippen LogP contribution in [0.3, 0.4) is 0 Å². The minimum Gasteiger partial charge on any atom is -0.392 e. The first kappa shape index (κ1) is 16.9. The second kappa shape index (κ2) is 11.0. The van der Waals surface area contributed by atoms with Gasteiger partial charge in [0, 0.05) is 12.6 Å². The van der Waals surface area contributed by atoms with E-state index in [2.05, 4.69) is 25.7 Å². The molecule has 3 heteroatoms. The van der Waals surface area contributed by atoms with Crippen molar-refractivity contribution in [3.63, 3.8) is 0 Å². The van der Waals surface area contributed by atoms with Gasteiger partial charge in [-0.1, -0.05) is 57.7 Å². The standard InChI is InChI=1S/C14H30N2S/c1-4-5-6-7-8-9-10-11-16(13(2)3)12-14(15)17/h13H,4-12H2,1-3H3,(H2,15,17). The third kappa shape index (κ3) is 10.7. The van der Waals surface area contributed by atoms with Crippen molar-refractivity contribution in [3.8, 4) is 0 Å². The second-order valence-electron chi connectivity index (χ2n) is 5.15. The molecular formula is C14H30N2S. The number of nitrogens with two attached hydrogens (primary N) is 1. The molecular weight excluding hydrogens is 228 g/mol. The molecule has 0 unspecified atom stereocenters. The van der Waals surface area contributed by atoms with Crippen LogP contribution in [0.25, 0.3) is 0 Å². The summed E-state index contributed by atoms with van der Waals surface area (Å²) >= 11 is 4.98. The lowest BCUT2D eigenvalue weighted by Gasteiger charge is -2.25. The monoisotopic (exact) mass is 258 g/mol. The summed E-state index contributed by atoms with van der Waals surface area (Å²) in [4.78, 5) is 2.98. The molecule has 0 aromatic heterocycles. The SMILES string of the molecule is CCCCCCCCCN(CC(N)=S)C(C)C. The van der Waals surface area contributed by atoms with Crippen molar-refractivity contribution in [2.75, 3.05) is 13.1 Å². The third-order valence-electron chi connectivity index (χ3n) is 3.14. The van der Waals surface area contributed by atoms with Gasteiger partial charge in [-0.05, 0) is 26.8 Å². The van der Waals surface area contributed by atoms with Gasteiger partial charge in [-0.25, -0.2) is 0 Å². The molecule has 0 saturated heterocycles. The lowest BCUT2D eigenvalue weighted by Crippen LogP contribution is -2.38. The average Bonchev–Trinajstić information content (AvgIpc) is 2.25. The Bertz CT molecular complexity index is 193. The molecule has 2 nitrogen and oxygen atoms in total. The van der Waals surface area contributed by atoms with Gasteiger partial charge < -0.3 is 5.73 Å². The Kier molecular flexibility index (Phi) is 10.9. The van der Waals surface area contributed by atoms with E-state index in [9.17, 15) is 0 Å². The highest BCUT2D eigenvalue weighted by Gasteiger charge is 2.09. The zero-order valence-corrected chi connectivity index (χ0v) is 12.7. The maximum Gasteiger partial charge on any atom is 0.0870 e. The van der Waals surface area contributed by atoms with E-state index in [1.54, 1.807) is 0 Å². The number of thiocarbonyl (C=S) groups is 1. The van der Waals surface area contributed by atoms with Crippen LogP contribution >= 0.6 is 12.2 Å². The van der Waals surface area contributed by atoms with Crippen molar-refractivity contribution in [2.45, 2.75) is 71.8 Å². The minimum atomic E-state index is 0.539. The van der Waals surface area contributed by atoms with Gasteiger partial charge >= 0.3 is 0 Å². The molecule has 0 fully saturated rings. The van der Waals surface area contributed by atoms with Gasteiger partial charge in [0.05, 0.1) is 4.99 Å². The van der Waals surface area contributed by atoms with Crippen molar-refractivity contribution < 1.29 is 0 Å². The van der Waals surface area contributed by atoms with Gasteiger partial charge in [-0.2, -0.15) is 0 Å². The Balaban J connectivity index is 3.51. The molecule has 102 valence electrons. The van der Waals surface area contributed by atoms with Gasteiger partial charge in [0.15, 0.2) is 0 Å². The summed E-state index contributed by atoms with van der Waals surface area (Å²) in [7, 11) is 0. The predicted octanol–water partition coefficient (Wildman–Crippen LogP) is 3.73. The fourth-order valence-corrected chi connectivity index (χ4v) is 2.16. The molecule has 0 radical (unpaired) electrons. The quantitative estimate of drug-likeness (QED) is 0.452. The van der Waals surface area contributed by atoms with E-state index < -0.39 is 0 Å². The highest BCUT2D eigenvalue weighted by atomic mass is 32.1. The Hall–Kier alpha value is -0.150. The molecule has 17 heavy (non-hydrogen) atoms. The maximum atomic E-state index is 5.61. The van der Waals surface area contributed by atoms with Gasteiger partial charge in [0.25, 0.3) is 0 Å². The lowest BCUT2D eigenvalue weighted by molar-refractivity contribution is 0.247. The topological polar surface area (TPSA) is 29.3 Å². The van der Waals surface area contributed by atoms with E-state index >= 15 is 0 Å². The number of hydrogen-bond acceptors (Lipinski definition) is 2. The Morgan fingerprint density at radius 3 is 2.06 bits per heavy atom. The predicted molar refractivity (Wildman–Crippen MR) is 81.5 cm³/mol. The molecule has 0 spiro atoms. The van der Waals surface area contributed by atoms with E-state index in [0.717, 1.165) is 13.1 Å². The van der Waals surface area contributed by atoms with Crippen LogP contribution in [0.5, 0.6) is 0 Å². The minimum absolute atomic E-state index is 0.539. The van der Waals surface area contributed by atoms with Gasteiger partial charge in [0.1, 0.15) is 0 Å². The van der Waals surface area contributed by atoms with Crippen molar-refractivity contribution >= 4 is 17.2 Å². The zero-order valence-electron chi connectivity index (χ0n) is 11.9. The van der Waals surface area contributed by atoms with Crippen LogP contribution in [-0.2, 0) is 0 Å². The molecule has 0 amide bonds. The number of hydrogen-bond donors (Lipinski definition) is 1. The van der Waals surface area contributed by atoms with Gasteiger partial charge in [-0.15, -0.1) is 0 Å². The molecule has 2 N–H and O–H groups in total. The van der Waals surface area contributed by atoms with Crippen LogP contribution in [0.4, 0.5) is 0 Å². The summed E-state index contributed by atoms with van der Waals surface area (Å²) < 4.78 is 0. The van der Waals surface area contributed by atoms with E-state index in [4.69, 9.17) is 18.0 Å². The van der Waals surface area contributed by atoms with Crippen molar-refractivity contribution in [1.82, 2.24) is 4.90 Å². The first-order valence-electron chi connectivity index (χ1n) is 7.10. The Morgan fingerprint density at radius 1 is 1.06 bits per heavy atom. The maximum absolute atomic E-state index is 5.61. The molecule has 0 atom stereocenters. The highest BCUT2D eigenvalue weighted by Crippen LogP contribution is 2.08. The fraction of sp³-hybridized carbons (Fsp3) is 0.929. The summed E-state index contributed by atoms with van der Waals surface area (Å²) in [6.07, 6.45) is 9.49. The van der Waals surface area contributed by atoms with Crippen molar-refractivity contribution in [3.05, 3.63) is 0 Å². The Labute approximate surface area is 113 Å². The molecule has 0 aliphatic heterocycles. The molecule has 0 bridgehead atoms. The summed E-state index contributed by atoms with van der Waals surface area (Å²) in [5, 5.41) is 0. The van der Waals surface area contributed by atoms with E-state index in [1.807, 2.05) is 0 Å². The molecule has 0 aromatic rings. The lowest BCUT2D eigenvalue weighted by atomic mass is 10.1. The summed E-state index contributed by atoms with van der Waals surface area (Å²) in [5.41, 5.74) is 5.61. The molecule has 0 rings (SSSR count). The number of unbranched alkanes of at least 4 members (excludes halogenated alkanes) is 6. The third-order valence-corrected chi connectivity index (χ3v) is 3.27. The molecule has 0 saturated carbocycles. The molecule has 0 aliphatic carbocycles. The summed E-state index contributed by atoms with van der Waals surface area (Å²) in [5.74, 6) is 0. The van der Waals surface area contributed by atoms with Gasteiger partial charge in [0.2, 0.25) is 0 Å². The smallest absolute Gasteiger partial charge is 0.0870 e. The van der Waals surface area contributed by atoms with E-state index in [0.29, 0.717) is 11.0 Å². The fourth-order valence-electron chi connectivity index (χ4n) is 1.99. The Morgan fingerprint density at radius 2 is 1.59 bits per heavy atom. The van der Waals surface area contributed by atoms with Crippen LogP contribution in [0.15, 0.2) is 0 Å². The molecule has 0 heterocycles. The zero-order chi connectivity index (χ0) is 13.1. The van der Waals surface area contributed by atoms with Crippen LogP contribution in [0, 0.1) is 0 Å². The van der Waals surface area contributed by atoms with Crippen LogP contribution in [0.2, 0.25) is 0 Å². The highest BCUT2D eigenvalue weighted by molar-refractivity contribution is 7.80. The average molecular weight is 258 g/mol. The molecule has 0 aliphatic rings. The van der Waals surface area contributed by atoms with Crippen molar-refractivity contribution in [2.24, 2.45) is 5.73 Å². The summed E-state index contributed by atoms with van der Waals surface area (Å²) in [6.45, 7) is 8.57. The van der Waals surface area contributed by atoms with Gasteiger partial charge in [-0.3, -0.25) is 4.90 Å². The first-order chi connectivity index (χ1) is 8.07. The van der Waals surface area contributed by atoms with Crippen LogP contribution in [-0.4, -0.2) is 29.0 Å².